The van der Waals surface area contributed by atoms with Crippen molar-refractivity contribution < 1.29 is 9.90 Å². The van der Waals surface area contributed by atoms with Gasteiger partial charge in [0.2, 0.25) is 5.91 Å². The Balaban J connectivity index is 1.61. The Kier molecular flexibility index (Phi) is 5.45. The van der Waals surface area contributed by atoms with Crippen molar-refractivity contribution in [2.75, 3.05) is 19.6 Å². The number of nitrogens with zero attached hydrogens (tertiary/aromatic N) is 1. The minimum Gasteiger partial charge on any atom is -0.392 e. The smallest absolute Gasteiger partial charge is 0.221 e. The molecule has 2 fully saturated rings. The quantitative estimate of drug-likeness (QED) is 0.794. The average molecular weight is 254 g/mol. The van der Waals surface area contributed by atoms with E-state index in [2.05, 4.69) is 10.2 Å². The van der Waals surface area contributed by atoms with Gasteiger partial charge in [-0.3, -0.25) is 4.79 Å². The zero-order valence-electron chi connectivity index (χ0n) is 11.2. The molecule has 1 saturated carbocycles. The van der Waals surface area contributed by atoms with Crippen LogP contribution in [0.1, 0.15) is 51.4 Å². The molecule has 0 aromatic heterocycles. The predicted octanol–water partition coefficient (Wildman–Crippen LogP) is 1.28. The highest BCUT2D eigenvalue weighted by Gasteiger charge is 2.19. The van der Waals surface area contributed by atoms with Crippen molar-refractivity contribution in [3.8, 4) is 0 Å². The number of aliphatic hydroxyl groups excluding tert-OH is 1. The fourth-order valence-corrected chi connectivity index (χ4v) is 3.04. The third-order valence-corrected chi connectivity index (χ3v) is 4.11. The Hall–Kier alpha value is -0.610. The van der Waals surface area contributed by atoms with Crippen LogP contribution < -0.4 is 5.32 Å². The van der Waals surface area contributed by atoms with E-state index in [1.165, 1.54) is 19.3 Å². The first-order chi connectivity index (χ1) is 8.74. The van der Waals surface area contributed by atoms with E-state index in [0.717, 1.165) is 45.3 Å². The van der Waals surface area contributed by atoms with Gasteiger partial charge >= 0.3 is 0 Å². The Morgan fingerprint density at radius 1 is 1.17 bits per heavy atom. The van der Waals surface area contributed by atoms with E-state index in [1.807, 2.05) is 0 Å². The predicted molar refractivity (Wildman–Crippen MR) is 71.3 cm³/mol. The summed E-state index contributed by atoms with van der Waals surface area (Å²) in [5.41, 5.74) is 0. The third kappa shape index (κ3) is 4.58. The van der Waals surface area contributed by atoms with Crippen LogP contribution in [0, 0.1) is 0 Å². The number of carbonyl (C=O) groups is 1. The number of hydrogen-bond donors (Lipinski definition) is 2. The van der Waals surface area contributed by atoms with Gasteiger partial charge in [-0.05, 0) is 32.2 Å². The van der Waals surface area contributed by atoms with Gasteiger partial charge in [0.05, 0.1) is 6.10 Å². The first-order valence-electron chi connectivity index (χ1n) is 7.44. The van der Waals surface area contributed by atoms with E-state index < -0.39 is 0 Å². The number of likely N-dealkylation sites (tertiary alicyclic amines) is 1. The third-order valence-electron chi connectivity index (χ3n) is 4.11. The molecule has 1 amide bonds. The Morgan fingerprint density at radius 3 is 2.67 bits per heavy atom. The SMILES string of the molecule is O=C(CCN1CCC[C@H](O)C1)NC1CCCCC1. The Labute approximate surface area is 110 Å². The van der Waals surface area contributed by atoms with Crippen molar-refractivity contribution in [2.45, 2.75) is 63.5 Å². The standard InChI is InChI=1S/C14H26N2O2/c17-13-7-4-9-16(11-13)10-8-14(18)15-12-5-2-1-3-6-12/h12-13,17H,1-11H2,(H,15,18)/t13-/m0/s1. The second-order valence-corrected chi connectivity index (χ2v) is 5.75. The summed E-state index contributed by atoms with van der Waals surface area (Å²) in [7, 11) is 0. The fourth-order valence-electron chi connectivity index (χ4n) is 3.04. The van der Waals surface area contributed by atoms with Gasteiger partial charge < -0.3 is 15.3 Å². The number of piperidine rings is 1. The zero-order chi connectivity index (χ0) is 12.8. The van der Waals surface area contributed by atoms with E-state index in [9.17, 15) is 9.90 Å². The monoisotopic (exact) mass is 254 g/mol. The molecule has 1 aliphatic carbocycles. The number of rotatable bonds is 4. The second kappa shape index (κ2) is 7.10. The van der Waals surface area contributed by atoms with Crippen molar-refractivity contribution in [3.63, 3.8) is 0 Å². The number of carbonyl (C=O) groups excluding carboxylic acids is 1. The van der Waals surface area contributed by atoms with Crippen molar-refractivity contribution in [1.29, 1.82) is 0 Å². The minimum absolute atomic E-state index is 0.182. The summed E-state index contributed by atoms with van der Waals surface area (Å²) in [5, 5.41) is 12.7. The molecule has 1 atom stereocenters. The van der Waals surface area contributed by atoms with Gasteiger partial charge in [0.25, 0.3) is 0 Å². The molecule has 0 bridgehead atoms. The molecule has 0 radical (unpaired) electrons. The van der Waals surface area contributed by atoms with Crippen LogP contribution >= 0.6 is 0 Å². The van der Waals surface area contributed by atoms with Crippen molar-refractivity contribution in [2.24, 2.45) is 0 Å². The van der Waals surface area contributed by atoms with Gasteiger partial charge in [0.1, 0.15) is 0 Å². The number of nitrogens with one attached hydrogen (secondary N) is 1. The minimum atomic E-state index is -0.194. The molecule has 0 aromatic rings. The molecule has 104 valence electrons. The molecule has 18 heavy (non-hydrogen) atoms. The van der Waals surface area contributed by atoms with Crippen LogP contribution in [0.5, 0.6) is 0 Å². The Morgan fingerprint density at radius 2 is 1.94 bits per heavy atom. The van der Waals surface area contributed by atoms with Crippen LogP contribution in [0.15, 0.2) is 0 Å². The largest absolute Gasteiger partial charge is 0.392 e. The number of aliphatic hydroxyl groups is 1. The van der Waals surface area contributed by atoms with Crippen LogP contribution in [0.4, 0.5) is 0 Å². The summed E-state index contributed by atoms with van der Waals surface area (Å²) in [6.45, 7) is 2.54. The van der Waals surface area contributed by atoms with E-state index in [4.69, 9.17) is 0 Å². The van der Waals surface area contributed by atoms with Gasteiger partial charge in [0.15, 0.2) is 0 Å². The maximum atomic E-state index is 11.8. The number of amides is 1. The average Bonchev–Trinajstić information content (AvgIpc) is 2.38. The molecule has 4 heteroatoms. The molecule has 1 saturated heterocycles. The molecule has 2 aliphatic rings. The van der Waals surface area contributed by atoms with E-state index in [-0.39, 0.29) is 12.0 Å². The van der Waals surface area contributed by atoms with Crippen LogP contribution in [-0.2, 0) is 4.79 Å². The lowest BCUT2D eigenvalue weighted by Gasteiger charge is -2.30. The highest BCUT2D eigenvalue weighted by Crippen LogP contribution is 2.17. The van der Waals surface area contributed by atoms with Crippen molar-refractivity contribution in [3.05, 3.63) is 0 Å². The Bertz CT molecular complexity index is 265. The molecule has 0 unspecified atom stereocenters. The summed E-state index contributed by atoms with van der Waals surface area (Å²) in [5.74, 6) is 0.182. The fraction of sp³-hybridized carbons (Fsp3) is 0.929. The summed E-state index contributed by atoms with van der Waals surface area (Å²) in [6, 6.07) is 0.415. The molecule has 4 nitrogen and oxygen atoms in total. The second-order valence-electron chi connectivity index (χ2n) is 5.75. The van der Waals surface area contributed by atoms with Gasteiger partial charge in [-0.2, -0.15) is 0 Å². The lowest BCUT2D eigenvalue weighted by Crippen LogP contribution is -2.42. The van der Waals surface area contributed by atoms with Crippen molar-refractivity contribution >= 4 is 5.91 Å². The number of β-amino-alcohol motifs (C(OH)–C–C–N with tert-alkyl or cyclic N) is 1. The summed E-state index contributed by atoms with van der Waals surface area (Å²) < 4.78 is 0. The maximum Gasteiger partial charge on any atom is 0.221 e. The summed E-state index contributed by atoms with van der Waals surface area (Å²) in [6.07, 6.45) is 8.45. The van der Waals surface area contributed by atoms with Gasteiger partial charge in [-0.15, -0.1) is 0 Å². The summed E-state index contributed by atoms with van der Waals surface area (Å²) >= 11 is 0. The van der Waals surface area contributed by atoms with Crippen LogP contribution in [0.3, 0.4) is 0 Å². The van der Waals surface area contributed by atoms with E-state index in [1.54, 1.807) is 0 Å². The first kappa shape index (κ1) is 13.8. The molecule has 1 aliphatic heterocycles. The molecule has 2 N–H and O–H groups in total. The first-order valence-corrected chi connectivity index (χ1v) is 7.44. The van der Waals surface area contributed by atoms with E-state index in [0.29, 0.717) is 12.5 Å². The number of hydrogen-bond acceptors (Lipinski definition) is 3. The van der Waals surface area contributed by atoms with Crippen LogP contribution in [0.2, 0.25) is 0 Å². The highest BCUT2D eigenvalue weighted by molar-refractivity contribution is 5.76. The normalized spacial score (nSPS) is 27.1. The zero-order valence-corrected chi connectivity index (χ0v) is 11.2. The molecular formula is C14H26N2O2. The van der Waals surface area contributed by atoms with Gasteiger partial charge in [-0.25, -0.2) is 0 Å². The molecule has 0 spiro atoms. The molecular weight excluding hydrogens is 228 g/mol. The lowest BCUT2D eigenvalue weighted by molar-refractivity contribution is -0.122. The van der Waals surface area contributed by atoms with Gasteiger partial charge in [-0.1, -0.05) is 19.3 Å². The molecule has 1 heterocycles. The van der Waals surface area contributed by atoms with Crippen LogP contribution in [0.25, 0.3) is 0 Å². The topological polar surface area (TPSA) is 52.6 Å². The molecule has 0 aromatic carbocycles. The van der Waals surface area contributed by atoms with Crippen LogP contribution in [-0.4, -0.2) is 47.7 Å². The maximum absolute atomic E-state index is 11.8. The lowest BCUT2D eigenvalue weighted by atomic mass is 9.95. The van der Waals surface area contributed by atoms with E-state index >= 15 is 0 Å². The molecule has 2 rings (SSSR count). The van der Waals surface area contributed by atoms with Gasteiger partial charge in [0, 0.05) is 25.6 Å². The summed E-state index contributed by atoms with van der Waals surface area (Å²) in [4.78, 5) is 14.0. The van der Waals surface area contributed by atoms with Crippen molar-refractivity contribution in [1.82, 2.24) is 10.2 Å². The highest BCUT2D eigenvalue weighted by atomic mass is 16.3.